The van der Waals surface area contributed by atoms with Gasteiger partial charge in [0.2, 0.25) is 0 Å². The van der Waals surface area contributed by atoms with Gasteiger partial charge in [0.05, 0.1) is 4.87 Å². The van der Waals surface area contributed by atoms with Gasteiger partial charge in [-0.15, -0.1) is 0 Å². The van der Waals surface area contributed by atoms with Crippen molar-refractivity contribution < 1.29 is 13.3 Å². The first-order valence-electron chi connectivity index (χ1n) is 9.76. The second-order valence-electron chi connectivity index (χ2n) is 6.04. The molecule has 0 aliphatic carbocycles. The van der Waals surface area contributed by atoms with Gasteiger partial charge in [0, 0.05) is 19.8 Å². The molecule has 0 saturated heterocycles. The zero-order valence-electron chi connectivity index (χ0n) is 15.9. The molecule has 3 nitrogen and oxygen atoms in total. The molecule has 0 aliphatic rings. The highest BCUT2D eigenvalue weighted by atomic mass is 32.1. The van der Waals surface area contributed by atoms with E-state index in [9.17, 15) is 0 Å². The van der Waals surface area contributed by atoms with E-state index in [-0.39, 0.29) is 4.87 Å². The fraction of sp³-hybridized carbons (Fsp3) is 1.00. The van der Waals surface area contributed by atoms with E-state index >= 15 is 0 Å². The summed E-state index contributed by atoms with van der Waals surface area (Å²) in [5.74, 6) is 0. The van der Waals surface area contributed by atoms with Crippen LogP contribution in [0.15, 0.2) is 0 Å². The third-order valence-corrected chi connectivity index (χ3v) is 8.41. The van der Waals surface area contributed by atoms with Crippen molar-refractivity contribution in [1.82, 2.24) is 0 Å². The van der Waals surface area contributed by atoms with Gasteiger partial charge in [-0.25, -0.2) is 0 Å². The van der Waals surface area contributed by atoms with Crippen molar-refractivity contribution in [2.45, 2.75) is 96.8 Å². The first-order chi connectivity index (χ1) is 11.2. The Balaban J connectivity index is 3.96. The lowest BCUT2D eigenvalue weighted by atomic mass is 10.1. The Morgan fingerprint density at radius 3 is 1.43 bits per heavy atom. The van der Waals surface area contributed by atoms with Gasteiger partial charge >= 0.3 is 8.80 Å². The molecule has 140 valence electrons. The largest absolute Gasteiger partial charge is 0.514 e. The lowest BCUT2D eigenvalue weighted by Gasteiger charge is -2.32. The molecule has 0 aliphatic heterocycles. The molecule has 0 fully saturated rings. The Labute approximate surface area is 151 Å². The van der Waals surface area contributed by atoms with Crippen LogP contribution in [-0.2, 0) is 13.3 Å². The van der Waals surface area contributed by atoms with Crippen LogP contribution in [0.2, 0.25) is 0 Å². The van der Waals surface area contributed by atoms with Crippen LogP contribution in [0.1, 0.15) is 91.9 Å². The summed E-state index contributed by atoms with van der Waals surface area (Å²) in [7, 11) is -2.63. The first kappa shape index (κ1) is 23.4. The van der Waals surface area contributed by atoms with Crippen molar-refractivity contribution in [2.75, 3.05) is 19.8 Å². The smallest absolute Gasteiger partial charge is 0.373 e. The van der Waals surface area contributed by atoms with E-state index in [4.69, 9.17) is 25.9 Å². The summed E-state index contributed by atoms with van der Waals surface area (Å²) >= 11 is 4.78. The Hall–Kier alpha value is 0.447. The molecule has 0 aromatic rings. The van der Waals surface area contributed by atoms with Crippen LogP contribution in [0.3, 0.4) is 0 Å². The third kappa shape index (κ3) is 10.8. The van der Waals surface area contributed by atoms with Crippen molar-refractivity contribution in [3.63, 3.8) is 0 Å². The molecule has 0 radical (unpaired) electrons. The van der Waals surface area contributed by atoms with Gasteiger partial charge in [-0.05, 0) is 27.2 Å². The minimum atomic E-state index is -2.63. The van der Waals surface area contributed by atoms with Crippen LogP contribution in [0.5, 0.6) is 0 Å². The highest BCUT2D eigenvalue weighted by Gasteiger charge is 2.47. The summed E-state index contributed by atoms with van der Waals surface area (Å²) < 4.78 is 17.8. The lowest BCUT2D eigenvalue weighted by Crippen LogP contribution is -2.54. The van der Waals surface area contributed by atoms with Crippen LogP contribution in [0.25, 0.3) is 0 Å². The van der Waals surface area contributed by atoms with E-state index in [2.05, 4.69) is 6.92 Å². The van der Waals surface area contributed by atoms with Crippen molar-refractivity contribution >= 4 is 21.4 Å². The summed E-state index contributed by atoms with van der Waals surface area (Å²) in [6, 6.07) is 0. The quantitative estimate of drug-likeness (QED) is 0.201. The number of rotatable bonds is 17. The predicted molar refractivity (Wildman–Crippen MR) is 105 cm³/mol. The third-order valence-electron chi connectivity index (χ3n) is 4.03. The summed E-state index contributed by atoms with van der Waals surface area (Å²) in [5, 5.41) is 0. The summed E-state index contributed by atoms with van der Waals surface area (Å²) in [6.45, 7) is 10.1. The minimum Gasteiger partial charge on any atom is -0.373 e. The second kappa shape index (κ2) is 15.9. The minimum absolute atomic E-state index is 0.0897. The van der Waals surface area contributed by atoms with Crippen LogP contribution in [0, 0.1) is 0 Å². The van der Waals surface area contributed by atoms with Crippen molar-refractivity contribution in [1.29, 1.82) is 0 Å². The zero-order valence-corrected chi connectivity index (χ0v) is 17.8. The van der Waals surface area contributed by atoms with E-state index in [1.165, 1.54) is 57.8 Å². The molecule has 0 N–H and O–H groups in total. The van der Waals surface area contributed by atoms with E-state index in [1.54, 1.807) is 0 Å². The molecule has 0 aromatic heterocycles. The molecule has 0 spiro atoms. The number of unbranched alkanes of at least 4 members (excludes halogenated alkanes) is 8. The Morgan fingerprint density at radius 2 is 1.04 bits per heavy atom. The first-order valence-corrected chi connectivity index (χ1v) is 12.1. The molecule has 0 rings (SSSR count). The highest BCUT2D eigenvalue weighted by Crippen LogP contribution is 2.24. The zero-order chi connectivity index (χ0) is 17.4. The summed E-state index contributed by atoms with van der Waals surface area (Å²) in [6.07, 6.45) is 13.1. The van der Waals surface area contributed by atoms with Crippen molar-refractivity contribution in [3.8, 4) is 0 Å². The van der Waals surface area contributed by atoms with Gasteiger partial charge in [-0.2, -0.15) is 12.6 Å². The Kier molecular flexibility index (Phi) is 16.3. The maximum absolute atomic E-state index is 5.92. The van der Waals surface area contributed by atoms with Gasteiger partial charge in [0.15, 0.2) is 0 Å². The SMILES string of the molecule is CCCCCCCCCCCC(S)[Si](OCC)(OCC)OCC. The molecular weight excluding hydrogens is 324 g/mol. The monoisotopic (exact) mass is 364 g/mol. The molecule has 0 heterocycles. The van der Waals surface area contributed by atoms with E-state index < -0.39 is 8.80 Å². The van der Waals surface area contributed by atoms with Crippen LogP contribution in [-0.4, -0.2) is 33.5 Å². The van der Waals surface area contributed by atoms with Gasteiger partial charge in [-0.1, -0.05) is 64.7 Å². The van der Waals surface area contributed by atoms with Gasteiger partial charge in [-0.3, -0.25) is 0 Å². The van der Waals surface area contributed by atoms with E-state index in [1.807, 2.05) is 20.8 Å². The average molecular weight is 365 g/mol. The predicted octanol–water partition coefficient (Wildman–Crippen LogP) is 5.79. The lowest BCUT2D eigenvalue weighted by molar-refractivity contribution is 0.0688. The summed E-state index contributed by atoms with van der Waals surface area (Å²) in [4.78, 5) is 0.0897. The normalized spacial score (nSPS) is 13.4. The molecule has 1 atom stereocenters. The molecular formula is C18H40O3SSi. The fourth-order valence-electron chi connectivity index (χ4n) is 2.84. The summed E-state index contributed by atoms with van der Waals surface area (Å²) in [5.41, 5.74) is 0. The fourth-order valence-corrected chi connectivity index (χ4v) is 6.29. The Bertz CT molecular complexity index is 237. The van der Waals surface area contributed by atoms with Gasteiger partial charge in [0.25, 0.3) is 0 Å². The van der Waals surface area contributed by atoms with Crippen molar-refractivity contribution in [2.24, 2.45) is 0 Å². The van der Waals surface area contributed by atoms with Crippen LogP contribution >= 0.6 is 12.6 Å². The molecule has 23 heavy (non-hydrogen) atoms. The van der Waals surface area contributed by atoms with Crippen molar-refractivity contribution in [3.05, 3.63) is 0 Å². The second-order valence-corrected chi connectivity index (χ2v) is 9.91. The topological polar surface area (TPSA) is 27.7 Å². The molecule has 0 aromatic carbocycles. The van der Waals surface area contributed by atoms with Crippen LogP contribution < -0.4 is 0 Å². The van der Waals surface area contributed by atoms with E-state index in [0.717, 1.165) is 6.42 Å². The highest BCUT2D eigenvalue weighted by molar-refractivity contribution is 7.83. The van der Waals surface area contributed by atoms with E-state index in [0.29, 0.717) is 19.8 Å². The average Bonchev–Trinajstić information content (AvgIpc) is 2.53. The van der Waals surface area contributed by atoms with Gasteiger partial charge in [0.1, 0.15) is 0 Å². The molecule has 0 amide bonds. The standard InChI is InChI=1S/C18H40O3SSi/c1-5-9-10-11-12-13-14-15-16-17-18(22)23(19-6-2,20-7-3)21-8-4/h18,22H,5-17H2,1-4H3. The molecule has 0 bridgehead atoms. The number of hydrogen-bond acceptors (Lipinski definition) is 4. The number of hydrogen-bond donors (Lipinski definition) is 1. The molecule has 0 saturated carbocycles. The number of thiol groups is 1. The van der Waals surface area contributed by atoms with Gasteiger partial charge < -0.3 is 13.3 Å². The Morgan fingerprint density at radius 1 is 0.652 bits per heavy atom. The molecule has 1 unspecified atom stereocenters. The maximum Gasteiger partial charge on any atom is 0.514 e. The van der Waals surface area contributed by atoms with Crippen LogP contribution in [0.4, 0.5) is 0 Å². The maximum atomic E-state index is 5.92. The molecule has 5 heteroatoms.